The Bertz CT molecular complexity index is 614. The SMILES string of the molecule is CCCN(C1CCCC1)C1Cc2c(C)ccc(F)c2O[C@H]1C(N)=O. The number of carbonyl (C=O) groups excluding carboxylic acids is 1. The lowest BCUT2D eigenvalue weighted by Gasteiger charge is -2.42. The van der Waals surface area contributed by atoms with E-state index in [1.807, 2.05) is 6.92 Å². The first kappa shape index (κ1) is 17.2. The maximum atomic E-state index is 14.2. The molecule has 1 heterocycles. The second-order valence-electron chi connectivity index (χ2n) is 7.06. The van der Waals surface area contributed by atoms with Gasteiger partial charge in [-0.3, -0.25) is 9.69 Å². The summed E-state index contributed by atoms with van der Waals surface area (Å²) in [6, 6.07) is 3.53. The van der Waals surface area contributed by atoms with Gasteiger partial charge < -0.3 is 10.5 Å². The number of nitrogens with two attached hydrogens (primary N) is 1. The molecule has 3 rings (SSSR count). The highest BCUT2D eigenvalue weighted by molar-refractivity contribution is 5.80. The molecular formula is C19H27FN2O2. The molecule has 0 aromatic heterocycles. The molecule has 1 aromatic rings. The monoisotopic (exact) mass is 334 g/mol. The van der Waals surface area contributed by atoms with E-state index in [2.05, 4.69) is 11.8 Å². The number of hydrogen-bond acceptors (Lipinski definition) is 3. The van der Waals surface area contributed by atoms with Crippen LogP contribution >= 0.6 is 0 Å². The van der Waals surface area contributed by atoms with Crippen LogP contribution in [0.25, 0.3) is 0 Å². The van der Waals surface area contributed by atoms with E-state index in [0.717, 1.165) is 36.9 Å². The number of fused-ring (bicyclic) bond motifs is 1. The smallest absolute Gasteiger partial charge is 0.260 e. The number of rotatable bonds is 5. The molecule has 2 aliphatic rings. The Kier molecular flexibility index (Phi) is 5.09. The van der Waals surface area contributed by atoms with E-state index < -0.39 is 17.8 Å². The largest absolute Gasteiger partial charge is 0.476 e. The van der Waals surface area contributed by atoms with Gasteiger partial charge in [0.1, 0.15) is 0 Å². The molecule has 1 aliphatic carbocycles. The highest BCUT2D eigenvalue weighted by Gasteiger charge is 2.41. The third-order valence-electron chi connectivity index (χ3n) is 5.44. The fourth-order valence-electron chi connectivity index (χ4n) is 4.25. The van der Waals surface area contributed by atoms with Crippen LogP contribution < -0.4 is 10.5 Å². The number of primary amides is 1. The van der Waals surface area contributed by atoms with E-state index >= 15 is 0 Å². The minimum absolute atomic E-state index is 0.112. The fraction of sp³-hybridized carbons (Fsp3) is 0.632. The number of halogens is 1. The van der Waals surface area contributed by atoms with Crippen LogP contribution in [0.1, 0.15) is 50.2 Å². The summed E-state index contributed by atoms with van der Waals surface area (Å²) in [6.07, 6.45) is 5.58. The number of amides is 1. The number of benzene rings is 1. The molecule has 1 fully saturated rings. The highest BCUT2D eigenvalue weighted by atomic mass is 19.1. The molecule has 1 amide bonds. The van der Waals surface area contributed by atoms with Crippen LogP contribution in [0.15, 0.2) is 12.1 Å². The minimum Gasteiger partial charge on any atom is -0.476 e. The van der Waals surface area contributed by atoms with Crippen molar-refractivity contribution in [3.63, 3.8) is 0 Å². The van der Waals surface area contributed by atoms with Crippen LogP contribution in [0.2, 0.25) is 0 Å². The van der Waals surface area contributed by atoms with Crippen LogP contribution in [0.3, 0.4) is 0 Å². The van der Waals surface area contributed by atoms with Gasteiger partial charge in [0, 0.05) is 11.6 Å². The topological polar surface area (TPSA) is 55.6 Å². The maximum absolute atomic E-state index is 14.2. The van der Waals surface area contributed by atoms with E-state index in [1.54, 1.807) is 6.07 Å². The Morgan fingerprint density at radius 1 is 1.38 bits per heavy atom. The van der Waals surface area contributed by atoms with Crippen molar-refractivity contribution in [2.24, 2.45) is 5.73 Å². The molecule has 1 aromatic carbocycles. The Morgan fingerprint density at radius 3 is 2.71 bits per heavy atom. The number of nitrogens with zero attached hydrogens (tertiary/aromatic N) is 1. The molecule has 5 heteroatoms. The Labute approximate surface area is 143 Å². The van der Waals surface area contributed by atoms with Gasteiger partial charge in [0.25, 0.3) is 5.91 Å². The zero-order valence-corrected chi connectivity index (χ0v) is 14.6. The van der Waals surface area contributed by atoms with Crippen molar-refractivity contribution < 1.29 is 13.9 Å². The zero-order chi connectivity index (χ0) is 17.3. The molecule has 0 radical (unpaired) electrons. The summed E-state index contributed by atoms with van der Waals surface area (Å²) in [4.78, 5) is 14.4. The second-order valence-corrected chi connectivity index (χ2v) is 7.06. The van der Waals surface area contributed by atoms with Crippen molar-refractivity contribution >= 4 is 5.91 Å². The van der Waals surface area contributed by atoms with E-state index in [-0.39, 0.29) is 11.8 Å². The van der Waals surface area contributed by atoms with Crippen LogP contribution in [0.5, 0.6) is 5.75 Å². The highest BCUT2D eigenvalue weighted by Crippen LogP contribution is 2.37. The lowest BCUT2D eigenvalue weighted by Crippen LogP contribution is -2.57. The molecule has 0 bridgehead atoms. The summed E-state index contributed by atoms with van der Waals surface area (Å²) in [6.45, 7) is 5.01. The van der Waals surface area contributed by atoms with Gasteiger partial charge in [-0.1, -0.05) is 25.8 Å². The standard InChI is InChI=1S/C19H27FN2O2/c1-3-10-22(13-6-4-5-7-13)16-11-14-12(2)8-9-15(20)17(14)24-18(16)19(21)23/h8-9,13,16,18H,3-7,10-11H2,1-2H3,(H2,21,23)/t16?,18-/m1/s1. The molecule has 1 unspecified atom stereocenters. The molecule has 1 aliphatic heterocycles. The molecule has 2 atom stereocenters. The van der Waals surface area contributed by atoms with Gasteiger partial charge in [-0.2, -0.15) is 0 Å². The quantitative estimate of drug-likeness (QED) is 0.901. The normalized spacial score (nSPS) is 24.0. The number of ether oxygens (including phenoxy) is 1. The second kappa shape index (κ2) is 7.09. The molecule has 2 N–H and O–H groups in total. The van der Waals surface area contributed by atoms with Crippen LogP contribution in [0.4, 0.5) is 4.39 Å². The molecule has 4 nitrogen and oxygen atoms in total. The Balaban J connectivity index is 1.97. The zero-order valence-electron chi connectivity index (χ0n) is 14.6. The summed E-state index contributed by atoms with van der Waals surface area (Å²) < 4.78 is 20.0. The molecule has 0 saturated heterocycles. The van der Waals surface area contributed by atoms with Gasteiger partial charge >= 0.3 is 0 Å². The van der Waals surface area contributed by atoms with Gasteiger partial charge in [0.2, 0.25) is 0 Å². The van der Waals surface area contributed by atoms with Gasteiger partial charge in [0.05, 0.1) is 6.04 Å². The van der Waals surface area contributed by atoms with Crippen molar-refractivity contribution in [1.82, 2.24) is 4.90 Å². The third-order valence-corrected chi connectivity index (χ3v) is 5.44. The van der Waals surface area contributed by atoms with E-state index in [9.17, 15) is 9.18 Å². The molecule has 1 saturated carbocycles. The molecule has 132 valence electrons. The van der Waals surface area contributed by atoms with E-state index in [1.165, 1.54) is 18.9 Å². The minimum atomic E-state index is -0.791. The van der Waals surface area contributed by atoms with Gasteiger partial charge in [-0.25, -0.2) is 4.39 Å². The predicted octanol–water partition coefficient (Wildman–Crippen LogP) is 2.95. The lowest BCUT2D eigenvalue weighted by molar-refractivity contribution is -0.129. The lowest BCUT2D eigenvalue weighted by atomic mass is 9.90. The number of hydrogen-bond donors (Lipinski definition) is 1. The van der Waals surface area contributed by atoms with Crippen LogP contribution in [-0.2, 0) is 11.2 Å². The molecule has 0 spiro atoms. The summed E-state index contributed by atoms with van der Waals surface area (Å²) in [5, 5.41) is 0. The summed E-state index contributed by atoms with van der Waals surface area (Å²) in [5.74, 6) is -0.716. The number of aryl methyl sites for hydroxylation is 1. The van der Waals surface area contributed by atoms with Crippen LogP contribution in [-0.4, -0.2) is 35.5 Å². The van der Waals surface area contributed by atoms with Gasteiger partial charge in [-0.05, 0) is 50.8 Å². The first-order valence-electron chi connectivity index (χ1n) is 9.02. The first-order chi connectivity index (χ1) is 11.5. The van der Waals surface area contributed by atoms with Gasteiger partial charge in [0.15, 0.2) is 17.7 Å². The fourth-order valence-corrected chi connectivity index (χ4v) is 4.25. The molecule has 24 heavy (non-hydrogen) atoms. The van der Waals surface area contributed by atoms with Gasteiger partial charge in [-0.15, -0.1) is 0 Å². The summed E-state index contributed by atoms with van der Waals surface area (Å²) in [5.41, 5.74) is 7.50. The summed E-state index contributed by atoms with van der Waals surface area (Å²) in [7, 11) is 0. The first-order valence-corrected chi connectivity index (χ1v) is 9.02. The molecular weight excluding hydrogens is 307 g/mol. The van der Waals surface area contributed by atoms with Crippen molar-refractivity contribution in [3.05, 3.63) is 29.1 Å². The van der Waals surface area contributed by atoms with Crippen molar-refractivity contribution in [2.45, 2.75) is 70.6 Å². The number of carbonyl (C=O) groups is 1. The Hall–Kier alpha value is -1.62. The van der Waals surface area contributed by atoms with E-state index in [0.29, 0.717) is 12.5 Å². The predicted molar refractivity (Wildman–Crippen MR) is 91.5 cm³/mol. The van der Waals surface area contributed by atoms with Crippen molar-refractivity contribution in [1.29, 1.82) is 0 Å². The average molecular weight is 334 g/mol. The average Bonchev–Trinajstić information content (AvgIpc) is 3.09. The maximum Gasteiger partial charge on any atom is 0.260 e. The van der Waals surface area contributed by atoms with Crippen molar-refractivity contribution in [3.8, 4) is 5.75 Å². The van der Waals surface area contributed by atoms with E-state index in [4.69, 9.17) is 10.5 Å². The third kappa shape index (κ3) is 3.14. The Morgan fingerprint density at radius 2 is 2.08 bits per heavy atom. The van der Waals surface area contributed by atoms with Crippen molar-refractivity contribution in [2.75, 3.05) is 6.54 Å². The summed E-state index contributed by atoms with van der Waals surface area (Å²) >= 11 is 0. The van der Waals surface area contributed by atoms with Crippen LogP contribution in [0, 0.1) is 12.7 Å².